The molecule has 1 aliphatic carbocycles. The van der Waals surface area contributed by atoms with Crippen LogP contribution in [0.1, 0.15) is 39.0 Å². The van der Waals surface area contributed by atoms with Gasteiger partial charge in [-0.3, -0.25) is 0 Å². The van der Waals surface area contributed by atoms with E-state index in [9.17, 15) is 0 Å². The van der Waals surface area contributed by atoms with E-state index in [1.54, 1.807) is 5.57 Å². The van der Waals surface area contributed by atoms with E-state index in [-0.39, 0.29) is 6.29 Å². The summed E-state index contributed by atoms with van der Waals surface area (Å²) in [6, 6.07) is 0. The highest BCUT2D eigenvalue weighted by Gasteiger charge is 2.25. The van der Waals surface area contributed by atoms with Crippen molar-refractivity contribution in [3.05, 3.63) is 11.3 Å². The van der Waals surface area contributed by atoms with Crippen molar-refractivity contribution in [3.8, 4) is 0 Å². The summed E-state index contributed by atoms with van der Waals surface area (Å²) in [6.07, 6.45) is 5.97. The Hall–Kier alpha value is -0.500. The zero-order valence-corrected chi connectivity index (χ0v) is 7.64. The monoisotopic (exact) mass is 168 g/mol. The van der Waals surface area contributed by atoms with Gasteiger partial charge in [0.25, 0.3) is 0 Å². The molecule has 2 heteroatoms. The van der Waals surface area contributed by atoms with Crippen molar-refractivity contribution in [2.75, 3.05) is 6.61 Å². The summed E-state index contributed by atoms with van der Waals surface area (Å²) >= 11 is 0. The molecule has 0 aromatic heterocycles. The van der Waals surface area contributed by atoms with Crippen molar-refractivity contribution >= 4 is 0 Å². The van der Waals surface area contributed by atoms with Crippen molar-refractivity contribution in [2.24, 2.45) is 0 Å². The Bertz CT molecular complexity index is 196. The molecule has 0 aromatic carbocycles. The minimum absolute atomic E-state index is 0.0480. The van der Waals surface area contributed by atoms with Gasteiger partial charge in [0.1, 0.15) is 0 Å². The van der Waals surface area contributed by atoms with E-state index >= 15 is 0 Å². The minimum Gasteiger partial charge on any atom is -0.469 e. The third kappa shape index (κ3) is 1.48. The highest BCUT2D eigenvalue weighted by atomic mass is 16.7. The lowest BCUT2D eigenvalue weighted by Crippen LogP contribution is -2.20. The van der Waals surface area contributed by atoms with Crippen LogP contribution in [0.15, 0.2) is 11.3 Å². The lowest BCUT2D eigenvalue weighted by atomic mass is 10.1. The molecule has 0 saturated carbocycles. The van der Waals surface area contributed by atoms with Gasteiger partial charge in [0, 0.05) is 19.4 Å². The Balaban J connectivity index is 1.95. The van der Waals surface area contributed by atoms with E-state index in [1.807, 2.05) is 6.92 Å². The van der Waals surface area contributed by atoms with Crippen LogP contribution in [0.4, 0.5) is 0 Å². The fourth-order valence-electron chi connectivity index (χ4n) is 2.00. The zero-order chi connectivity index (χ0) is 8.39. The molecule has 0 amide bonds. The zero-order valence-electron chi connectivity index (χ0n) is 7.64. The van der Waals surface area contributed by atoms with Crippen molar-refractivity contribution in [2.45, 2.75) is 45.3 Å². The molecule has 68 valence electrons. The minimum atomic E-state index is 0.0480. The third-order valence-corrected chi connectivity index (χ3v) is 2.58. The van der Waals surface area contributed by atoms with Gasteiger partial charge < -0.3 is 9.47 Å². The molecule has 0 saturated heterocycles. The second-order valence-electron chi connectivity index (χ2n) is 3.42. The molecule has 1 heterocycles. The Morgan fingerprint density at radius 3 is 3.17 bits per heavy atom. The van der Waals surface area contributed by atoms with Crippen LogP contribution >= 0.6 is 0 Å². The summed E-state index contributed by atoms with van der Waals surface area (Å²) in [7, 11) is 0. The van der Waals surface area contributed by atoms with E-state index in [4.69, 9.17) is 9.47 Å². The molecule has 1 unspecified atom stereocenters. The Kier molecular flexibility index (Phi) is 2.35. The molecule has 0 bridgehead atoms. The van der Waals surface area contributed by atoms with Crippen molar-refractivity contribution in [1.82, 2.24) is 0 Å². The Morgan fingerprint density at radius 1 is 1.42 bits per heavy atom. The average molecular weight is 168 g/mol. The smallest absolute Gasteiger partial charge is 0.199 e. The predicted octanol–water partition coefficient (Wildman–Crippen LogP) is 2.60. The lowest BCUT2D eigenvalue weighted by molar-refractivity contribution is -0.124. The van der Waals surface area contributed by atoms with Gasteiger partial charge in [-0.25, -0.2) is 0 Å². The van der Waals surface area contributed by atoms with Crippen LogP contribution in [0.5, 0.6) is 0 Å². The van der Waals surface area contributed by atoms with Gasteiger partial charge in [-0.2, -0.15) is 0 Å². The van der Waals surface area contributed by atoms with Gasteiger partial charge >= 0.3 is 0 Å². The average Bonchev–Trinajstić information content (AvgIpc) is 2.51. The third-order valence-electron chi connectivity index (χ3n) is 2.58. The van der Waals surface area contributed by atoms with Crippen LogP contribution in [0, 0.1) is 0 Å². The fourth-order valence-corrected chi connectivity index (χ4v) is 2.00. The van der Waals surface area contributed by atoms with Crippen molar-refractivity contribution in [1.29, 1.82) is 0 Å². The van der Waals surface area contributed by atoms with Crippen LogP contribution in [-0.4, -0.2) is 12.9 Å². The molecule has 0 fully saturated rings. The van der Waals surface area contributed by atoms with Gasteiger partial charge in [0.05, 0.1) is 5.76 Å². The van der Waals surface area contributed by atoms with Crippen LogP contribution in [0.25, 0.3) is 0 Å². The molecule has 0 aromatic rings. The maximum absolute atomic E-state index is 5.71. The topological polar surface area (TPSA) is 18.5 Å². The van der Waals surface area contributed by atoms with E-state index in [2.05, 4.69) is 0 Å². The Morgan fingerprint density at radius 2 is 2.33 bits per heavy atom. The molecule has 2 rings (SSSR count). The fraction of sp³-hybridized carbons (Fsp3) is 0.800. The highest BCUT2D eigenvalue weighted by molar-refractivity contribution is 5.16. The van der Waals surface area contributed by atoms with Gasteiger partial charge in [-0.1, -0.05) is 0 Å². The molecule has 1 atom stereocenters. The van der Waals surface area contributed by atoms with E-state index in [0.29, 0.717) is 0 Å². The van der Waals surface area contributed by atoms with Crippen LogP contribution in [0.2, 0.25) is 0 Å². The van der Waals surface area contributed by atoms with E-state index < -0.39 is 0 Å². The first-order chi connectivity index (χ1) is 5.90. The standard InChI is InChI=1S/C10H16O2/c1-2-11-10-7-6-8-4-3-5-9(8)12-10/h10H,2-7H2,1H3. The van der Waals surface area contributed by atoms with Gasteiger partial charge in [0.2, 0.25) is 0 Å². The predicted molar refractivity (Wildman–Crippen MR) is 46.6 cm³/mol. The first kappa shape index (κ1) is 8.11. The van der Waals surface area contributed by atoms with Gasteiger partial charge in [0.15, 0.2) is 6.29 Å². The molecular weight excluding hydrogens is 152 g/mol. The summed E-state index contributed by atoms with van der Waals surface area (Å²) in [6.45, 7) is 2.77. The quantitative estimate of drug-likeness (QED) is 0.631. The second kappa shape index (κ2) is 3.48. The molecule has 2 aliphatic rings. The SMILES string of the molecule is CCOC1CCC2=C(CCC2)O1. The first-order valence-corrected chi connectivity index (χ1v) is 4.89. The Labute approximate surface area is 73.5 Å². The number of allylic oxidation sites excluding steroid dienone is 2. The molecule has 2 nitrogen and oxygen atoms in total. The van der Waals surface area contributed by atoms with Gasteiger partial charge in [-0.15, -0.1) is 0 Å². The number of hydrogen-bond acceptors (Lipinski definition) is 2. The van der Waals surface area contributed by atoms with Crippen molar-refractivity contribution < 1.29 is 9.47 Å². The van der Waals surface area contributed by atoms with Crippen molar-refractivity contribution in [3.63, 3.8) is 0 Å². The summed E-state index contributed by atoms with van der Waals surface area (Å²) in [5.41, 5.74) is 1.55. The highest BCUT2D eigenvalue weighted by Crippen LogP contribution is 2.35. The maximum atomic E-state index is 5.71. The van der Waals surface area contributed by atoms with Crippen LogP contribution < -0.4 is 0 Å². The number of hydrogen-bond donors (Lipinski definition) is 0. The largest absolute Gasteiger partial charge is 0.469 e. The molecule has 12 heavy (non-hydrogen) atoms. The lowest BCUT2D eigenvalue weighted by Gasteiger charge is -2.25. The summed E-state index contributed by atoms with van der Waals surface area (Å²) < 4.78 is 11.1. The maximum Gasteiger partial charge on any atom is 0.199 e. The number of rotatable bonds is 2. The van der Waals surface area contributed by atoms with Crippen LogP contribution in [-0.2, 0) is 9.47 Å². The molecule has 0 spiro atoms. The van der Waals surface area contributed by atoms with Crippen LogP contribution in [0.3, 0.4) is 0 Å². The van der Waals surface area contributed by atoms with E-state index in [1.165, 1.54) is 25.0 Å². The van der Waals surface area contributed by atoms with E-state index in [0.717, 1.165) is 19.4 Å². The first-order valence-electron chi connectivity index (χ1n) is 4.89. The molecule has 1 aliphatic heterocycles. The molecular formula is C10H16O2. The van der Waals surface area contributed by atoms with Gasteiger partial charge in [-0.05, 0) is 31.8 Å². The summed E-state index contributed by atoms with van der Waals surface area (Å²) in [4.78, 5) is 0. The molecule has 0 N–H and O–H groups in total. The summed E-state index contributed by atoms with van der Waals surface area (Å²) in [5, 5.41) is 0. The second-order valence-corrected chi connectivity index (χ2v) is 3.42. The summed E-state index contributed by atoms with van der Waals surface area (Å²) in [5.74, 6) is 1.24. The number of ether oxygens (including phenoxy) is 2. The molecule has 0 radical (unpaired) electrons. The normalized spacial score (nSPS) is 28.6.